The maximum Gasteiger partial charge on any atom is 0.227 e. The number of aromatic nitrogens is 4. The zero-order chi connectivity index (χ0) is 18.5. The molecule has 1 aromatic carbocycles. The summed E-state index contributed by atoms with van der Waals surface area (Å²) in [7, 11) is 0. The monoisotopic (exact) mass is 377 g/mol. The molecule has 4 rings (SSSR count). The maximum absolute atomic E-state index is 12.9. The largest absolute Gasteiger partial charge is 0.355 e. The first-order chi connectivity index (χ1) is 13.3. The van der Waals surface area contributed by atoms with Crippen LogP contribution in [0.3, 0.4) is 0 Å². The summed E-state index contributed by atoms with van der Waals surface area (Å²) in [6.07, 6.45) is 6.44. The van der Waals surface area contributed by atoms with Gasteiger partial charge in [-0.3, -0.25) is 9.78 Å². The molecule has 6 nitrogen and oxygen atoms in total. The van der Waals surface area contributed by atoms with E-state index >= 15 is 0 Å². The summed E-state index contributed by atoms with van der Waals surface area (Å²) in [4.78, 5) is 22.1. The number of hydrogen-bond donors (Lipinski definition) is 1. The molecule has 0 saturated carbocycles. The Morgan fingerprint density at radius 3 is 2.89 bits per heavy atom. The van der Waals surface area contributed by atoms with E-state index in [0.29, 0.717) is 19.4 Å². The van der Waals surface area contributed by atoms with Gasteiger partial charge in [0.05, 0.1) is 11.6 Å². The number of benzene rings is 1. The van der Waals surface area contributed by atoms with Crippen molar-refractivity contribution in [3.63, 3.8) is 0 Å². The lowest BCUT2D eigenvalue weighted by molar-refractivity contribution is -0.122. The SMILES string of the molecule is O=C(NCCc1csc2ncnn12)C(Cc1cccnc1)c1ccccc1. The van der Waals surface area contributed by atoms with E-state index in [1.165, 1.54) is 0 Å². The summed E-state index contributed by atoms with van der Waals surface area (Å²) in [5.41, 5.74) is 3.10. The van der Waals surface area contributed by atoms with Crippen molar-refractivity contribution in [3.05, 3.63) is 83.4 Å². The molecule has 1 unspecified atom stereocenters. The molecule has 1 N–H and O–H groups in total. The molecule has 0 fully saturated rings. The van der Waals surface area contributed by atoms with Gasteiger partial charge in [-0.15, -0.1) is 11.3 Å². The molecule has 27 heavy (non-hydrogen) atoms. The Labute approximate surface area is 160 Å². The van der Waals surface area contributed by atoms with Gasteiger partial charge in [-0.2, -0.15) is 5.10 Å². The van der Waals surface area contributed by atoms with E-state index in [9.17, 15) is 4.79 Å². The molecule has 1 atom stereocenters. The molecule has 0 saturated heterocycles. The smallest absolute Gasteiger partial charge is 0.227 e. The van der Waals surface area contributed by atoms with Crippen LogP contribution in [0.2, 0.25) is 0 Å². The fourth-order valence-electron chi connectivity index (χ4n) is 3.08. The van der Waals surface area contributed by atoms with Gasteiger partial charge in [0.15, 0.2) is 0 Å². The van der Waals surface area contributed by atoms with Crippen LogP contribution in [0.5, 0.6) is 0 Å². The molecular weight excluding hydrogens is 358 g/mol. The van der Waals surface area contributed by atoms with Crippen molar-refractivity contribution in [2.24, 2.45) is 0 Å². The molecule has 3 aromatic heterocycles. The molecule has 136 valence electrons. The number of fused-ring (bicyclic) bond motifs is 1. The van der Waals surface area contributed by atoms with E-state index in [2.05, 4.69) is 20.4 Å². The number of pyridine rings is 1. The van der Waals surface area contributed by atoms with Crippen molar-refractivity contribution in [1.82, 2.24) is 24.9 Å². The van der Waals surface area contributed by atoms with Crippen molar-refractivity contribution in [3.8, 4) is 0 Å². The Kier molecular flexibility index (Phi) is 5.20. The number of thiazole rings is 1. The van der Waals surface area contributed by atoms with E-state index < -0.39 is 0 Å². The number of nitrogens with one attached hydrogen (secondary N) is 1. The highest BCUT2D eigenvalue weighted by Crippen LogP contribution is 2.21. The molecule has 0 aliphatic rings. The van der Waals surface area contributed by atoms with Gasteiger partial charge in [0.25, 0.3) is 0 Å². The lowest BCUT2D eigenvalue weighted by Crippen LogP contribution is -2.32. The number of carbonyl (C=O) groups is 1. The zero-order valence-electron chi connectivity index (χ0n) is 14.7. The molecular formula is C20H19N5OS. The van der Waals surface area contributed by atoms with Crippen LogP contribution in [0.1, 0.15) is 22.7 Å². The topological polar surface area (TPSA) is 72.2 Å². The van der Waals surface area contributed by atoms with Crippen molar-refractivity contribution in [2.75, 3.05) is 6.54 Å². The second-order valence-corrected chi connectivity index (χ2v) is 7.09. The van der Waals surface area contributed by atoms with Gasteiger partial charge in [0.2, 0.25) is 10.9 Å². The summed E-state index contributed by atoms with van der Waals surface area (Å²) in [6.45, 7) is 0.556. The molecule has 3 heterocycles. The lowest BCUT2D eigenvalue weighted by Gasteiger charge is -2.17. The third kappa shape index (κ3) is 4.03. The van der Waals surface area contributed by atoms with Crippen LogP contribution >= 0.6 is 11.3 Å². The minimum Gasteiger partial charge on any atom is -0.355 e. The fraction of sp³-hybridized carbons (Fsp3) is 0.200. The van der Waals surface area contributed by atoms with Crippen LogP contribution in [-0.2, 0) is 17.6 Å². The predicted molar refractivity (Wildman–Crippen MR) is 105 cm³/mol. The lowest BCUT2D eigenvalue weighted by atomic mass is 9.91. The molecule has 0 spiro atoms. The average Bonchev–Trinajstić information content (AvgIpc) is 3.32. The summed E-state index contributed by atoms with van der Waals surface area (Å²) in [5.74, 6) is -0.223. The van der Waals surface area contributed by atoms with E-state index in [4.69, 9.17) is 0 Å². The third-order valence-electron chi connectivity index (χ3n) is 4.45. The Hall–Kier alpha value is -3.06. The Bertz CT molecular complexity index is 1010. The van der Waals surface area contributed by atoms with Gasteiger partial charge < -0.3 is 5.32 Å². The van der Waals surface area contributed by atoms with Gasteiger partial charge in [0.1, 0.15) is 6.33 Å². The second-order valence-electron chi connectivity index (χ2n) is 6.25. The summed E-state index contributed by atoms with van der Waals surface area (Å²) >= 11 is 1.55. The molecule has 0 aliphatic carbocycles. The van der Waals surface area contributed by atoms with Crippen LogP contribution < -0.4 is 5.32 Å². The number of nitrogens with zero attached hydrogens (tertiary/aromatic N) is 4. The van der Waals surface area contributed by atoms with Crippen LogP contribution in [0, 0.1) is 0 Å². The average molecular weight is 377 g/mol. The van der Waals surface area contributed by atoms with Gasteiger partial charge >= 0.3 is 0 Å². The zero-order valence-corrected chi connectivity index (χ0v) is 15.5. The molecule has 0 radical (unpaired) electrons. The van der Waals surface area contributed by atoms with Crippen molar-refractivity contribution in [2.45, 2.75) is 18.8 Å². The molecule has 0 aliphatic heterocycles. The minimum absolute atomic E-state index is 0.0233. The number of amides is 1. The molecule has 4 aromatic rings. The Morgan fingerprint density at radius 2 is 2.07 bits per heavy atom. The van der Waals surface area contributed by atoms with Gasteiger partial charge in [-0.25, -0.2) is 9.50 Å². The quantitative estimate of drug-likeness (QED) is 0.538. The van der Waals surface area contributed by atoms with Gasteiger partial charge in [0, 0.05) is 30.7 Å². The van der Waals surface area contributed by atoms with Gasteiger partial charge in [-0.05, 0) is 23.6 Å². The molecule has 7 heteroatoms. The first kappa shape index (κ1) is 17.4. The number of hydrogen-bond acceptors (Lipinski definition) is 5. The van der Waals surface area contributed by atoms with Crippen molar-refractivity contribution >= 4 is 22.2 Å². The van der Waals surface area contributed by atoms with Crippen molar-refractivity contribution in [1.29, 1.82) is 0 Å². The molecule has 0 bridgehead atoms. The molecule has 1 amide bonds. The normalized spacial score (nSPS) is 12.1. The van der Waals surface area contributed by atoms with Crippen LogP contribution in [0.4, 0.5) is 0 Å². The van der Waals surface area contributed by atoms with E-state index in [1.54, 1.807) is 23.9 Å². The van der Waals surface area contributed by atoms with Crippen LogP contribution in [-0.4, -0.2) is 32.0 Å². The summed E-state index contributed by atoms with van der Waals surface area (Å²) in [5, 5.41) is 9.33. The number of rotatable bonds is 7. The Morgan fingerprint density at radius 1 is 1.19 bits per heavy atom. The highest BCUT2D eigenvalue weighted by atomic mass is 32.1. The first-order valence-corrected chi connectivity index (χ1v) is 9.67. The third-order valence-corrected chi connectivity index (χ3v) is 5.33. The second kappa shape index (κ2) is 8.09. The van der Waals surface area contributed by atoms with E-state index in [1.807, 2.05) is 58.6 Å². The Balaban J connectivity index is 1.44. The van der Waals surface area contributed by atoms with E-state index in [-0.39, 0.29) is 11.8 Å². The minimum atomic E-state index is -0.246. The van der Waals surface area contributed by atoms with Crippen LogP contribution in [0.15, 0.2) is 66.6 Å². The summed E-state index contributed by atoms with van der Waals surface area (Å²) in [6, 6.07) is 13.8. The number of carbonyl (C=O) groups excluding carboxylic acids is 1. The van der Waals surface area contributed by atoms with Crippen molar-refractivity contribution < 1.29 is 4.79 Å². The fourth-order valence-corrected chi connectivity index (χ4v) is 3.91. The first-order valence-electron chi connectivity index (χ1n) is 8.79. The summed E-state index contributed by atoms with van der Waals surface area (Å²) < 4.78 is 1.82. The highest BCUT2D eigenvalue weighted by Gasteiger charge is 2.21. The highest BCUT2D eigenvalue weighted by molar-refractivity contribution is 7.15. The standard InChI is InChI=1S/C20H19N5OS/c26-19(22-10-8-17-13-27-20-23-14-24-25(17)20)18(16-6-2-1-3-7-16)11-15-5-4-9-21-12-15/h1-7,9,12-14,18H,8,10-11H2,(H,22,26). The maximum atomic E-state index is 12.9. The van der Waals surface area contributed by atoms with E-state index in [0.717, 1.165) is 21.8 Å². The van der Waals surface area contributed by atoms with Crippen LogP contribution in [0.25, 0.3) is 4.96 Å². The predicted octanol–water partition coefficient (Wildman–Crippen LogP) is 2.87. The van der Waals surface area contributed by atoms with Gasteiger partial charge in [-0.1, -0.05) is 36.4 Å².